The van der Waals surface area contributed by atoms with Crippen LogP contribution in [0.1, 0.15) is 11.3 Å². The van der Waals surface area contributed by atoms with Crippen LogP contribution in [0.4, 0.5) is 17.6 Å². The van der Waals surface area contributed by atoms with Gasteiger partial charge in [0.15, 0.2) is 5.60 Å². The van der Waals surface area contributed by atoms with Gasteiger partial charge in [-0.25, -0.2) is 23.4 Å². The predicted molar refractivity (Wildman–Crippen MR) is 95.9 cm³/mol. The number of pyridine rings is 1. The summed E-state index contributed by atoms with van der Waals surface area (Å²) in [5.41, 5.74) is -4.38. The lowest BCUT2D eigenvalue weighted by atomic mass is 9.84. The molecule has 1 N–H and O–H groups in total. The third kappa shape index (κ3) is 3.23. The number of fused-ring (bicyclic) bond motifs is 1. The van der Waals surface area contributed by atoms with E-state index in [4.69, 9.17) is 0 Å². The zero-order chi connectivity index (χ0) is 20.6. The Bertz CT molecular complexity index is 1170. The normalized spacial score (nSPS) is 14.1. The highest BCUT2D eigenvalue weighted by Gasteiger charge is 2.57. The number of halogens is 4. The number of aliphatic hydroxyl groups is 1. The highest BCUT2D eigenvalue weighted by atomic mass is 19.3. The number of rotatable bonds is 5. The van der Waals surface area contributed by atoms with Crippen LogP contribution in [0.5, 0.6) is 0 Å². The minimum Gasteiger partial charge on any atom is -0.377 e. The molecule has 0 saturated carbocycles. The molecule has 0 aliphatic heterocycles. The molecule has 0 aliphatic rings. The smallest absolute Gasteiger partial charge is 0.323 e. The molecular formula is C20H14F4N4O. The van der Waals surface area contributed by atoms with Crippen LogP contribution in [0.3, 0.4) is 0 Å². The van der Waals surface area contributed by atoms with E-state index in [2.05, 4.69) is 15.1 Å². The second-order valence-electron chi connectivity index (χ2n) is 6.54. The Hall–Kier alpha value is -3.33. The van der Waals surface area contributed by atoms with Crippen LogP contribution in [0, 0.1) is 11.6 Å². The molecule has 5 nitrogen and oxygen atoms in total. The zero-order valence-corrected chi connectivity index (χ0v) is 14.8. The molecule has 2 aromatic heterocycles. The van der Waals surface area contributed by atoms with Gasteiger partial charge in [-0.1, -0.05) is 24.3 Å². The Kier molecular flexibility index (Phi) is 4.54. The largest absolute Gasteiger partial charge is 0.377 e. The molecule has 0 radical (unpaired) electrons. The van der Waals surface area contributed by atoms with Gasteiger partial charge in [0.2, 0.25) is 0 Å². The Balaban J connectivity index is 1.90. The van der Waals surface area contributed by atoms with Crippen molar-refractivity contribution in [3.8, 4) is 0 Å². The molecule has 0 amide bonds. The van der Waals surface area contributed by atoms with Gasteiger partial charge in [-0.2, -0.15) is 13.9 Å². The topological polar surface area (TPSA) is 63.8 Å². The first-order valence-electron chi connectivity index (χ1n) is 8.56. The molecule has 29 heavy (non-hydrogen) atoms. The van der Waals surface area contributed by atoms with Crippen molar-refractivity contribution >= 4 is 10.9 Å². The monoisotopic (exact) mass is 402 g/mol. The van der Waals surface area contributed by atoms with Crippen LogP contribution in [0.2, 0.25) is 0 Å². The van der Waals surface area contributed by atoms with E-state index in [-0.39, 0.29) is 5.52 Å². The predicted octanol–water partition coefficient (Wildman–Crippen LogP) is 3.78. The third-order valence-corrected chi connectivity index (χ3v) is 4.67. The number of nitrogens with zero attached hydrogens (tertiary/aromatic N) is 4. The lowest BCUT2D eigenvalue weighted by Crippen LogP contribution is -2.48. The van der Waals surface area contributed by atoms with Crippen molar-refractivity contribution in [3.63, 3.8) is 0 Å². The Morgan fingerprint density at radius 3 is 2.52 bits per heavy atom. The van der Waals surface area contributed by atoms with Crippen LogP contribution in [0.15, 0.2) is 67.3 Å². The maximum absolute atomic E-state index is 15.7. The molecule has 1 atom stereocenters. The summed E-state index contributed by atoms with van der Waals surface area (Å²) in [4.78, 5) is 7.62. The van der Waals surface area contributed by atoms with Gasteiger partial charge in [-0.3, -0.25) is 0 Å². The van der Waals surface area contributed by atoms with Crippen molar-refractivity contribution in [2.24, 2.45) is 0 Å². The molecule has 4 aromatic rings. The fourth-order valence-corrected chi connectivity index (χ4v) is 3.18. The quantitative estimate of drug-likeness (QED) is 0.516. The number of hydrogen-bond acceptors (Lipinski definition) is 4. The van der Waals surface area contributed by atoms with Crippen LogP contribution < -0.4 is 0 Å². The number of aromatic nitrogens is 4. The van der Waals surface area contributed by atoms with Gasteiger partial charge in [-0.15, -0.1) is 0 Å². The second kappa shape index (κ2) is 6.93. The third-order valence-electron chi connectivity index (χ3n) is 4.67. The minimum atomic E-state index is -4.05. The summed E-state index contributed by atoms with van der Waals surface area (Å²) in [5.74, 6) is -6.32. The second-order valence-corrected chi connectivity index (χ2v) is 6.54. The van der Waals surface area contributed by atoms with Crippen molar-refractivity contribution in [1.82, 2.24) is 19.7 Å². The van der Waals surface area contributed by atoms with E-state index in [1.165, 1.54) is 6.07 Å². The first-order chi connectivity index (χ1) is 13.8. The first-order valence-corrected chi connectivity index (χ1v) is 8.56. The average Bonchev–Trinajstić information content (AvgIpc) is 3.20. The Morgan fingerprint density at radius 1 is 1.00 bits per heavy atom. The summed E-state index contributed by atoms with van der Waals surface area (Å²) >= 11 is 0. The van der Waals surface area contributed by atoms with Crippen LogP contribution >= 0.6 is 0 Å². The van der Waals surface area contributed by atoms with Gasteiger partial charge in [-0.05, 0) is 24.3 Å². The molecule has 2 aromatic carbocycles. The molecular weight excluding hydrogens is 388 g/mol. The van der Waals surface area contributed by atoms with E-state index < -0.39 is 41.0 Å². The molecule has 0 bridgehead atoms. The first kappa shape index (κ1) is 19.0. The van der Waals surface area contributed by atoms with Gasteiger partial charge in [0, 0.05) is 17.0 Å². The van der Waals surface area contributed by atoms with Gasteiger partial charge in [0.1, 0.15) is 30.0 Å². The van der Waals surface area contributed by atoms with Crippen molar-refractivity contribution in [2.45, 2.75) is 18.1 Å². The fraction of sp³-hybridized carbons (Fsp3) is 0.150. The van der Waals surface area contributed by atoms with Crippen molar-refractivity contribution in [2.75, 3.05) is 0 Å². The summed E-state index contributed by atoms with van der Waals surface area (Å²) in [6, 6.07) is 11.1. The Morgan fingerprint density at radius 2 is 1.79 bits per heavy atom. The van der Waals surface area contributed by atoms with E-state index >= 15 is 8.78 Å². The standard InChI is InChI=1S/C20H14F4N4O/c21-14-6-7-15(16(22)9-14)19(29,10-28-12-25-11-26-28)20(23,24)18-8-5-13-3-1-2-4-17(13)27-18/h1-9,11-12,29H,10H2/t19-/m1/s1. The van der Waals surface area contributed by atoms with Crippen molar-refractivity contribution < 1.29 is 22.7 Å². The summed E-state index contributed by atoms with van der Waals surface area (Å²) in [5, 5.41) is 15.5. The average molecular weight is 402 g/mol. The van der Waals surface area contributed by atoms with Gasteiger partial charge >= 0.3 is 5.92 Å². The molecule has 0 spiro atoms. The highest BCUT2D eigenvalue weighted by molar-refractivity contribution is 5.78. The molecule has 0 saturated heterocycles. The highest BCUT2D eigenvalue weighted by Crippen LogP contribution is 2.47. The summed E-state index contributed by atoms with van der Waals surface area (Å²) in [7, 11) is 0. The van der Waals surface area contributed by atoms with E-state index in [1.807, 2.05) is 0 Å². The molecule has 0 fully saturated rings. The minimum absolute atomic E-state index is 0.285. The van der Waals surface area contributed by atoms with E-state index in [1.54, 1.807) is 24.3 Å². The SMILES string of the molecule is O[C@](Cn1cncn1)(c1ccc(F)cc1F)C(F)(F)c1ccc2ccccc2n1. The number of alkyl halides is 2. The molecule has 9 heteroatoms. The van der Waals surface area contributed by atoms with Crippen LogP contribution in [-0.4, -0.2) is 24.9 Å². The lowest BCUT2D eigenvalue weighted by Gasteiger charge is -2.36. The molecule has 0 unspecified atom stereocenters. The Labute approximate surface area is 162 Å². The number of hydrogen-bond donors (Lipinski definition) is 1. The van der Waals surface area contributed by atoms with Gasteiger partial charge < -0.3 is 5.11 Å². The van der Waals surface area contributed by atoms with Gasteiger partial charge in [0.05, 0.1) is 12.1 Å². The van der Waals surface area contributed by atoms with E-state index in [9.17, 15) is 13.9 Å². The summed E-state index contributed by atoms with van der Waals surface area (Å²) in [6.07, 6.45) is 2.20. The maximum atomic E-state index is 15.7. The van der Waals surface area contributed by atoms with E-state index in [0.29, 0.717) is 11.5 Å². The maximum Gasteiger partial charge on any atom is 0.323 e. The number of benzene rings is 2. The number of para-hydroxylation sites is 1. The van der Waals surface area contributed by atoms with Gasteiger partial charge in [0.25, 0.3) is 0 Å². The molecule has 4 rings (SSSR count). The fourth-order valence-electron chi connectivity index (χ4n) is 3.18. The summed E-state index contributed by atoms with van der Waals surface area (Å²) in [6.45, 7) is -0.836. The summed E-state index contributed by atoms with van der Waals surface area (Å²) < 4.78 is 60.1. The van der Waals surface area contributed by atoms with Crippen LogP contribution in [-0.2, 0) is 18.1 Å². The molecule has 2 heterocycles. The lowest BCUT2D eigenvalue weighted by molar-refractivity contribution is -0.207. The van der Waals surface area contributed by atoms with Crippen LogP contribution in [0.25, 0.3) is 10.9 Å². The van der Waals surface area contributed by atoms with Crippen molar-refractivity contribution in [1.29, 1.82) is 0 Å². The van der Waals surface area contributed by atoms with Crippen molar-refractivity contribution in [3.05, 3.63) is 90.1 Å². The molecule has 0 aliphatic carbocycles. The molecule has 148 valence electrons. The zero-order valence-electron chi connectivity index (χ0n) is 14.8. The van der Waals surface area contributed by atoms with E-state index in [0.717, 1.165) is 35.5 Å².